The Morgan fingerprint density at radius 3 is 1.87 bits per heavy atom. The Labute approximate surface area is 267 Å². The number of carbonyl (C=O) groups excluding carboxylic acids is 2. The van der Waals surface area contributed by atoms with E-state index in [9.17, 15) is 23.1 Å². The summed E-state index contributed by atoms with van der Waals surface area (Å²) in [4.78, 5) is 28.4. The summed E-state index contributed by atoms with van der Waals surface area (Å²) in [5.74, 6) is -1.13. The molecule has 3 rings (SSSR count). The van der Waals surface area contributed by atoms with Gasteiger partial charge >= 0.3 is 6.09 Å². The molecular formula is C34H46N4O6S. The van der Waals surface area contributed by atoms with Crippen LogP contribution < -0.4 is 11.5 Å². The molecule has 0 saturated carbocycles. The highest BCUT2D eigenvalue weighted by Crippen LogP contribution is 2.32. The van der Waals surface area contributed by atoms with Crippen molar-refractivity contribution >= 4 is 27.7 Å². The van der Waals surface area contributed by atoms with Gasteiger partial charge in [-0.05, 0) is 82.3 Å². The largest absolute Gasteiger partial charge is 0.452 e. The zero-order chi connectivity index (χ0) is 33.4. The van der Waals surface area contributed by atoms with Gasteiger partial charge in [0.1, 0.15) is 0 Å². The molecule has 3 aromatic carbocycles. The zero-order valence-corrected chi connectivity index (χ0v) is 27.5. The van der Waals surface area contributed by atoms with Crippen LogP contribution in [-0.4, -0.2) is 72.1 Å². The van der Waals surface area contributed by atoms with Crippen LogP contribution in [0.1, 0.15) is 64.0 Å². The molecule has 0 fully saturated rings. The highest BCUT2D eigenvalue weighted by Gasteiger charge is 2.42. The van der Waals surface area contributed by atoms with Gasteiger partial charge in [-0.3, -0.25) is 4.79 Å². The first kappa shape index (κ1) is 35.7. The minimum Gasteiger partial charge on any atom is -0.452 e. The van der Waals surface area contributed by atoms with E-state index in [0.717, 1.165) is 16.0 Å². The van der Waals surface area contributed by atoms with Crippen LogP contribution in [0.5, 0.6) is 0 Å². The number of carbonyl (C=O) groups is 2. The van der Waals surface area contributed by atoms with Crippen LogP contribution in [0.4, 0.5) is 10.5 Å². The van der Waals surface area contributed by atoms with Gasteiger partial charge in [0.2, 0.25) is 15.9 Å². The maximum atomic E-state index is 14.1. The molecule has 0 radical (unpaired) electrons. The second kappa shape index (κ2) is 15.5. The van der Waals surface area contributed by atoms with Crippen molar-refractivity contribution in [3.8, 4) is 0 Å². The van der Waals surface area contributed by atoms with Crippen LogP contribution in [-0.2, 0) is 19.6 Å². The second-order valence-corrected chi connectivity index (χ2v) is 13.9. The van der Waals surface area contributed by atoms with Crippen molar-refractivity contribution in [2.75, 3.05) is 19.5 Å². The Bertz CT molecular complexity index is 1460. The molecule has 0 saturated heterocycles. The molecular weight excluding hydrogens is 592 g/mol. The SMILES string of the molecule is COC(=O)N(C(=O)[C@@H](N)C(c1ccccc1)c1ccccc1)C(C)(C)CCC[C@@H](CO)N(C(C)C)S(=O)(=O)c1ccc(N)cc1. The van der Waals surface area contributed by atoms with Gasteiger partial charge in [-0.15, -0.1) is 0 Å². The predicted octanol–water partition coefficient (Wildman–Crippen LogP) is 4.73. The minimum atomic E-state index is -3.95. The molecule has 3 aromatic rings. The van der Waals surface area contributed by atoms with Crippen LogP contribution in [0.25, 0.3) is 0 Å². The van der Waals surface area contributed by atoms with E-state index in [1.54, 1.807) is 27.7 Å². The predicted molar refractivity (Wildman–Crippen MR) is 176 cm³/mol. The van der Waals surface area contributed by atoms with Gasteiger partial charge in [0.15, 0.2) is 0 Å². The lowest BCUT2D eigenvalue weighted by atomic mass is 9.84. The fourth-order valence-electron chi connectivity index (χ4n) is 5.78. The molecule has 0 aliphatic rings. The van der Waals surface area contributed by atoms with Crippen molar-refractivity contribution in [2.24, 2.45) is 5.73 Å². The van der Waals surface area contributed by atoms with Gasteiger partial charge in [-0.1, -0.05) is 60.7 Å². The summed E-state index contributed by atoms with van der Waals surface area (Å²) in [6.07, 6.45) is 0.119. The van der Waals surface area contributed by atoms with Gasteiger partial charge in [0.25, 0.3) is 0 Å². The normalized spacial score (nSPS) is 13.6. The summed E-state index contributed by atoms with van der Waals surface area (Å²) in [6.45, 7) is 6.57. The van der Waals surface area contributed by atoms with Crippen molar-refractivity contribution in [1.82, 2.24) is 9.21 Å². The monoisotopic (exact) mass is 638 g/mol. The lowest BCUT2D eigenvalue weighted by Crippen LogP contribution is -2.57. The van der Waals surface area contributed by atoms with Gasteiger partial charge in [-0.2, -0.15) is 4.31 Å². The van der Waals surface area contributed by atoms with E-state index in [0.29, 0.717) is 18.5 Å². The van der Waals surface area contributed by atoms with Gasteiger partial charge in [0, 0.05) is 29.2 Å². The number of nitrogens with zero attached hydrogens (tertiary/aromatic N) is 2. The number of amides is 2. The number of benzene rings is 3. The van der Waals surface area contributed by atoms with Crippen molar-refractivity contribution in [3.05, 3.63) is 96.1 Å². The number of methoxy groups -OCH3 is 1. The third-order valence-corrected chi connectivity index (χ3v) is 10.1. The Hall–Kier alpha value is -3.77. The molecule has 0 spiro atoms. The molecule has 2 atom stereocenters. The third-order valence-electron chi connectivity index (χ3n) is 8.01. The molecule has 0 bridgehead atoms. The fourth-order valence-corrected chi connectivity index (χ4v) is 7.63. The summed E-state index contributed by atoms with van der Waals surface area (Å²) in [5.41, 5.74) is 13.5. The van der Waals surface area contributed by atoms with Crippen molar-refractivity contribution in [1.29, 1.82) is 0 Å². The highest BCUT2D eigenvalue weighted by molar-refractivity contribution is 7.89. The first-order valence-electron chi connectivity index (χ1n) is 15.0. The first-order chi connectivity index (χ1) is 21.3. The smallest absolute Gasteiger partial charge is 0.416 e. The number of anilines is 1. The van der Waals surface area contributed by atoms with E-state index in [2.05, 4.69) is 0 Å². The van der Waals surface area contributed by atoms with E-state index in [4.69, 9.17) is 16.2 Å². The molecule has 2 amide bonds. The Morgan fingerprint density at radius 2 is 1.42 bits per heavy atom. The molecule has 45 heavy (non-hydrogen) atoms. The standard InChI is InChI=1S/C34H46N4O6S/c1-24(2)38(45(42,43)29-20-18-27(35)19-21-29)28(23-39)17-12-22-34(3,4)37(33(41)44-5)32(40)31(36)30(25-13-8-6-9-14-25)26-15-10-7-11-16-26/h6-11,13-16,18-21,24,28,30-31,39H,12,17,22-23,35-36H2,1-5H3/t28-,31-/m0/s1. The molecule has 11 heteroatoms. The molecule has 10 nitrogen and oxygen atoms in total. The number of aliphatic hydroxyl groups excluding tert-OH is 1. The van der Waals surface area contributed by atoms with Crippen LogP contribution in [0.15, 0.2) is 89.8 Å². The molecule has 5 N–H and O–H groups in total. The number of hydrogen-bond donors (Lipinski definition) is 3. The second-order valence-electron chi connectivity index (χ2n) is 12.0. The first-order valence-corrected chi connectivity index (χ1v) is 16.5. The number of nitrogens with two attached hydrogens (primary N) is 2. The van der Waals surface area contributed by atoms with Crippen LogP contribution >= 0.6 is 0 Å². The lowest BCUT2D eigenvalue weighted by Gasteiger charge is -2.39. The molecule has 0 unspecified atom stereocenters. The van der Waals surface area contributed by atoms with Gasteiger partial charge in [-0.25, -0.2) is 18.1 Å². The van der Waals surface area contributed by atoms with Crippen LogP contribution in [0, 0.1) is 0 Å². The summed E-state index contributed by atoms with van der Waals surface area (Å²) >= 11 is 0. The zero-order valence-electron chi connectivity index (χ0n) is 26.7. The van der Waals surface area contributed by atoms with E-state index in [1.807, 2.05) is 60.7 Å². The van der Waals surface area contributed by atoms with E-state index >= 15 is 0 Å². The maximum absolute atomic E-state index is 14.1. The van der Waals surface area contributed by atoms with Crippen molar-refractivity contribution in [3.63, 3.8) is 0 Å². The molecule has 244 valence electrons. The Morgan fingerprint density at radius 1 is 0.911 bits per heavy atom. The van der Waals surface area contributed by atoms with E-state index < -0.39 is 58.2 Å². The number of hydrogen-bond acceptors (Lipinski definition) is 8. The van der Waals surface area contributed by atoms with E-state index in [1.165, 1.54) is 35.7 Å². The highest BCUT2D eigenvalue weighted by atomic mass is 32.2. The molecule has 0 aliphatic carbocycles. The van der Waals surface area contributed by atoms with E-state index in [-0.39, 0.29) is 11.3 Å². The number of aliphatic hydroxyl groups is 1. The summed E-state index contributed by atoms with van der Waals surface area (Å²) in [7, 11) is -2.74. The number of sulfonamides is 1. The summed E-state index contributed by atoms with van der Waals surface area (Å²) in [5, 5.41) is 10.3. The number of imide groups is 1. The minimum absolute atomic E-state index is 0.0759. The average Bonchev–Trinajstić information content (AvgIpc) is 3.01. The quantitative estimate of drug-likeness (QED) is 0.214. The Kier molecular flexibility index (Phi) is 12.3. The molecule has 0 heterocycles. The molecule has 0 aliphatic heterocycles. The van der Waals surface area contributed by atoms with Gasteiger partial charge in [0.05, 0.1) is 24.7 Å². The number of rotatable bonds is 14. The topological polar surface area (TPSA) is 156 Å². The average molecular weight is 639 g/mol. The van der Waals surface area contributed by atoms with Crippen LogP contribution in [0.3, 0.4) is 0 Å². The molecule has 0 aromatic heterocycles. The number of nitrogen functional groups attached to an aromatic ring is 1. The third kappa shape index (κ3) is 8.49. The van der Waals surface area contributed by atoms with Crippen molar-refractivity contribution < 1.29 is 27.9 Å². The Balaban J connectivity index is 1.85. The maximum Gasteiger partial charge on any atom is 0.416 e. The van der Waals surface area contributed by atoms with Crippen LogP contribution in [0.2, 0.25) is 0 Å². The van der Waals surface area contributed by atoms with Crippen molar-refractivity contribution in [2.45, 2.75) is 81.4 Å². The number of ether oxygens (including phenoxy) is 1. The fraction of sp³-hybridized carbons (Fsp3) is 0.412. The summed E-state index contributed by atoms with van der Waals surface area (Å²) in [6, 6.07) is 22.4. The summed E-state index contributed by atoms with van der Waals surface area (Å²) < 4.78 is 33.5. The van der Waals surface area contributed by atoms with Gasteiger partial charge < -0.3 is 21.3 Å². The lowest BCUT2D eigenvalue weighted by molar-refractivity contribution is -0.135.